The Morgan fingerprint density at radius 2 is 1.96 bits per heavy atom. The van der Waals surface area contributed by atoms with Crippen molar-refractivity contribution in [3.63, 3.8) is 0 Å². The van der Waals surface area contributed by atoms with Crippen LogP contribution in [0.15, 0.2) is 29.6 Å². The highest BCUT2D eigenvalue weighted by Gasteiger charge is 2.33. The van der Waals surface area contributed by atoms with Gasteiger partial charge in [-0.25, -0.2) is 0 Å². The first-order chi connectivity index (χ1) is 13.5. The van der Waals surface area contributed by atoms with Crippen molar-refractivity contribution in [2.45, 2.75) is 31.8 Å². The predicted molar refractivity (Wildman–Crippen MR) is 113 cm³/mol. The van der Waals surface area contributed by atoms with Gasteiger partial charge in [-0.15, -0.1) is 11.3 Å². The first-order valence-electron chi connectivity index (χ1n) is 9.33. The molecule has 0 radical (unpaired) electrons. The normalized spacial score (nSPS) is 19.5. The summed E-state index contributed by atoms with van der Waals surface area (Å²) in [6.07, 6.45) is 2.55. The largest absolute Gasteiger partial charge is 0.337 e. The zero-order valence-electron chi connectivity index (χ0n) is 15.3. The molecule has 2 aromatic rings. The molecule has 8 heteroatoms. The number of rotatable bonds is 4. The lowest BCUT2D eigenvalue weighted by atomic mass is 10.1. The molecule has 0 saturated carbocycles. The number of anilines is 1. The number of nitrogens with zero attached hydrogens (tertiary/aromatic N) is 2. The average molecular weight is 438 g/mol. The van der Waals surface area contributed by atoms with E-state index in [1.807, 2.05) is 9.80 Å². The van der Waals surface area contributed by atoms with Crippen molar-refractivity contribution in [1.82, 2.24) is 9.80 Å². The smallest absolute Gasteiger partial charge is 0.241 e. The Kier molecular flexibility index (Phi) is 5.92. The molecule has 1 N–H and O–H groups in total. The van der Waals surface area contributed by atoms with Crippen molar-refractivity contribution in [2.24, 2.45) is 0 Å². The fourth-order valence-corrected chi connectivity index (χ4v) is 5.31. The number of hydrogen-bond acceptors (Lipinski definition) is 4. The first-order valence-corrected chi connectivity index (χ1v) is 11.0. The van der Waals surface area contributed by atoms with E-state index in [0.29, 0.717) is 22.3 Å². The maximum absolute atomic E-state index is 12.8. The lowest BCUT2D eigenvalue weighted by Crippen LogP contribution is -2.47. The standard InChI is InChI=1S/C20H21Cl2N3O2S/c21-14-8-15(22)10-16(9-14)23-20(27)17-2-1-5-24(17)12-19(26)25-6-3-18-13(11-25)4-7-28-18/h4,7-10,17H,1-3,5-6,11-12H2,(H,23,27)/t17-/m0/s1. The van der Waals surface area contributed by atoms with E-state index in [1.165, 1.54) is 10.4 Å². The van der Waals surface area contributed by atoms with Gasteiger partial charge < -0.3 is 10.2 Å². The third-order valence-corrected chi connectivity index (χ3v) is 6.75. The molecule has 3 heterocycles. The summed E-state index contributed by atoms with van der Waals surface area (Å²) in [6.45, 7) is 2.44. The van der Waals surface area contributed by atoms with Crippen molar-refractivity contribution >= 4 is 52.0 Å². The number of benzene rings is 1. The number of hydrogen-bond donors (Lipinski definition) is 1. The van der Waals surface area contributed by atoms with Crippen LogP contribution in [0.5, 0.6) is 0 Å². The van der Waals surface area contributed by atoms with Crippen molar-refractivity contribution in [3.05, 3.63) is 50.1 Å². The van der Waals surface area contributed by atoms with Crippen molar-refractivity contribution in [2.75, 3.05) is 25.0 Å². The van der Waals surface area contributed by atoms with Crippen molar-refractivity contribution < 1.29 is 9.59 Å². The Morgan fingerprint density at radius 3 is 2.75 bits per heavy atom. The first kappa shape index (κ1) is 19.7. The minimum atomic E-state index is -0.316. The molecule has 1 aromatic heterocycles. The highest BCUT2D eigenvalue weighted by molar-refractivity contribution is 7.10. The average Bonchev–Trinajstić information content (AvgIpc) is 3.28. The van der Waals surface area contributed by atoms with Crippen LogP contribution in [-0.4, -0.2) is 47.3 Å². The summed E-state index contributed by atoms with van der Waals surface area (Å²) in [5.74, 6) is -0.0373. The molecule has 4 rings (SSSR count). The van der Waals surface area contributed by atoms with Crippen molar-refractivity contribution in [3.8, 4) is 0 Å². The SMILES string of the molecule is O=C(Nc1cc(Cl)cc(Cl)c1)[C@@H]1CCCN1CC(=O)N1CCc2sccc2C1. The van der Waals surface area contributed by atoms with Crippen LogP contribution in [0.1, 0.15) is 23.3 Å². The van der Waals surface area contributed by atoms with E-state index in [0.717, 1.165) is 32.4 Å². The van der Waals surface area contributed by atoms with Gasteiger partial charge in [0.15, 0.2) is 0 Å². The Bertz CT molecular complexity index is 881. The van der Waals surface area contributed by atoms with Gasteiger partial charge >= 0.3 is 0 Å². The number of amides is 2. The van der Waals surface area contributed by atoms with Gasteiger partial charge in [0.05, 0.1) is 12.6 Å². The Labute approximate surface area is 178 Å². The third kappa shape index (κ3) is 4.35. The highest BCUT2D eigenvalue weighted by atomic mass is 35.5. The molecule has 28 heavy (non-hydrogen) atoms. The molecule has 1 fully saturated rings. The summed E-state index contributed by atoms with van der Waals surface area (Å²) in [7, 11) is 0. The minimum Gasteiger partial charge on any atom is -0.337 e. The molecule has 5 nitrogen and oxygen atoms in total. The maximum atomic E-state index is 12.8. The lowest BCUT2D eigenvalue weighted by molar-refractivity contribution is -0.134. The Hall–Kier alpha value is -1.60. The highest BCUT2D eigenvalue weighted by Crippen LogP contribution is 2.26. The van der Waals surface area contributed by atoms with E-state index in [-0.39, 0.29) is 24.4 Å². The number of halogens is 2. The molecule has 0 unspecified atom stereocenters. The lowest BCUT2D eigenvalue weighted by Gasteiger charge is -2.30. The molecule has 1 atom stereocenters. The molecule has 1 saturated heterocycles. The van der Waals surface area contributed by atoms with Crippen LogP contribution >= 0.6 is 34.5 Å². The minimum absolute atomic E-state index is 0.0855. The quantitative estimate of drug-likeness (QED) is 0.784. The van der Waals surface area contributed by atoms with E-state index in [4.69, 9.17) is 23.2 Å². The van der Waals surface area contributed by atoms with Gasteiger partial charge in [-0.3, -0.25) is 14.5 Å². The number of nitrogens with one attached hydrogen (secondary N) is 1. The van der Waals surface area contributed by atoms with Crippen LogP contribution in [0, 0.1) is 0 Å². The van der Waals surface area contributed by atoms with Crippen LogP contribution in [-0.2, 0) is 22.6 Å². The second-order valence-electron chi connectivity index (χ2n) is 7.21. The molecule has 148 valence electrons. The topological polar surface area (TPSA) is 52.7 Å². The number of fused-ring (bicyclic) bond motifs is 1. The van der Waals surface area contributed by atoms with Crippen LogP contribution in [0.3, 0.4) is 0 Å². The summed E-state index contributed by atoms with van der Waals surface area (Å²) in [4.78, 5) is 30.9. The fraction of sp³-hybridized carbons (Fsp3) is 0.400. The molecular formula is C20H21Cl2N3O2S. The van der Waals surface area contributed by atoms with Crippen LogP contribution in [0.25, 0.3) is 0 Å². The van der Waals surface area contributed by atoms with Gasteiger partial charge in [-0.2, -0.15) is 0 Å². The van der Waals surface area contributed by atoms with E-state index in [9.17, 15) is 9.59 Å². The van der Waals surface area contributed by atoms with Gasteiger partial charge in [0.25, 0.3) is 0 Å². The van der Waals surface area contributed by atoms with E-state index in [2.05, 4.69) is 16.8 Å². The van der Waals surface area contributed by atoms with Crippen LogP contribution < -0.4 is 5.32 Å². The summed E-state index contributed by atoms with van der Waals surface area (Å²) in [6, 6.07) is 6.74. The summed E-state index contributed by atoms with van der Waals surface area (Å²) >= 11 is 13.8. The molecular weight excluding hydrogens is 417 g/mol. The fourth-order valence-electron chi connectivity index (χ4n) is 3.90. The zero-order valence-corrected chi connectivity index (χ0v) is 17.6. The summed E-state index contributed by atoms with van der Waals surface area (Å²) in [5.41, 5.74) is 1.82. The summed E-state index contributed by atoms with van der Waals surface area (Å²) < 4.78 is 0. The molecule has 2 amide bonds. The maximum Gasteiger partial charge on any atom is 0.241 e. The summed E-state index contributed by atoms with van der Waals surface area (Å²) in [5, 5.41) is 5.91. The second-order valence-corrected chi connectivity index (χ2v) is 9.08. The molecule has 0 aliphatic carbocycles. The van der Waals surface area contributed by atoms with Crippen LogP contribution in [0.4, 0.5) is 5.69 Å². The van der Waals surface area contributed by atoms with Gasteiger partial charge in [0.2, 0.25) is 11.8 Å². The monoisotopic (exact) mass is 437 g/mol. The van der Waals surface area contributed by atoms with Gasteiger partial charge in [0.1, 0.15) is 0 Å². The molecule has 0 bridgehead atoms. The van der Waals surface area contributed by atoms with Crippen LogP contribution in [0.2, 0.25) is 10.0 Å². The number of likely N-dealkylation sites (tertiary alicyclic amines) is 1. The Morgan fingerprint density at radius 1 is 1.18 bits per heavy atom. The zero-order chi connectivity index (χ0) is 19.7. The van der Waals surface area contributed by atoms with Gasteiger partial charge in [-0.05, 0) is 61.0 Å². The molecule has 1 aromatic carbocycles. The molecule has 2 aliphatic rings. The second kappa shape index (κ2) is 8.41. The number of carbonyl (C=O) groups is 2. The third-order valence-electron chi connectivity index (χ3n) is 5.30. The predicted octanol–water partition coefficient (Wildman–Crippen LogP) is 4.04. The van der Waals surface area contributed by atoms with Crippen molar-refractivity contribution in [1.29, 1.82) is 0 Å². The number of carbonyl (C=O) groups excluding carboxylic acids is 2. The van der Waals surface area contributed by atoms with E-state index in [1.54, 1.807) is 29.5 Å². The van der Waals surface area contributed by atoms with E-state index >= 15 is 0 Å². The van der Waals surface area contributed by atoms with E-state index < -0.39 is 0 Å². The van der Waals surface area contributed by atoms with Gasteiger partial charge in [0, 0.05) is 33.7 Å². The Balaban J connectivity index is 1.38. The number of thiophene rings is 1. The van der Waals surface area contributed by atoms with Gasteiger partial charge in [-0.1, -0.05) is 23.2 Å². The molecule has 2 aliphatic heterocycles. The molecule has 0 spiro atoms.